The highest BCUT2D eigenvalue weighted by Crippen LogP contribution is 2.48. The van der Waals surface area contributed by atoms with Gasteiger partial charge in [-0.2, -0.15) is 0 Å². The summed E-state index contributed by atoms with van der Waals surface area (Å²) in [4.78, 5) is 2.41. The molecule has 0 saturated carbocycles. The zero-order chi connectivity index (χ0) is 29.7. The van der Waals surface area contributed by atoms with Crippen LogP contribution in [0.2, 0.25) is 0 Å². The Bertz CT molecular complexity index is 2300. The average molecular weight is 575 g/mol. The molecule has 0 saturated heterocycles. The van der Waals surface area contributed by atoms with Crippen molar-refractivity contribution < 1.29 is 0 Å². The van der Waals surface area contributed by atoms with Crippen LogP contribution in [0.15, 0.2) is 170 Å². The van der Waals surface area contributed by atoms with Gasteiger partial charge in [-0.15, -0.1) is 0 Å². The van der Waals surface area contributed by atoms with E-state index in [-0.39, 0.29) is 6.17 Å². The van der Waals surface area contributed by atoms with Gasteiger partial charge in [0.25, 0.3) is 0 Å². The zero-order valence-corrected chi connectivity index (χ0v) is 24.7. The Kier molecular flexibility index (Phi) is 5.92. The molecule has 8 aromatic rings. The Hall–Kier alpha value is -5.86. The molecule has 1 unspecified atom stereocenters. The van der Waals surface area contributed by atoms with Crippen LogP contribution in [-0.2, 0) is 0 Å². The van der Waals surface area contributed by atoms with E-state index in [1.165, 1.54) is 65.8 Å². The smallest absolute Gasteiger partial charge is 0.130 e. The van der Waals surface area contributed by atoms with E-state index in [2.05, 4.69) is 180 Å². The van der Waals surface area contributed by atoms with E-state index in [1.54, 1.807) is 0 Å². The van der Waals surface area contributed by atoms with E-state index in [0.717, 1.165) is 11.4 Å². The fourth-order valence-corrected chi connectivity index (χ4v) is 7.20. The lowest BCUT2D eigenvalue weighted by molar-refractivity contribution is 0.828. The lowest BCUT2D eigenvalue weighted by Crippen LogP contribution is -2.23. The van der Waals surface area contributed by atoms with Gasteiger partial charge in [0.15, 0.2) is 0 Å². The van der Waals surface area contributed by atoms with Crippen LogP contribution in [-0.4, -0.2) is 0 Å². The first-order chi connectivity index (χ1) is 22.3. The second kappa shape index (κ2) is 10.4. The van der Waals surface area contributed by atoms with E-state index in [0.29, 0.717) is 0 Å². The molecule has 0 bridgehead atoms. The quantitative estimate of drug-likeness (QED) is 0.210. The Balaban J connectivity index is 1.22. The van der Waals surface area contributed by atoms with Crippen molar-refractivity contribution in [2.24, 2.45) is 0 Å². The molecule has 0 amide bonds. The van der Waals surface area contributed by atoms with Crippen molar-refractivity contribution >= 4 is 49.4 Å². The molecule has 2 nitrogen and oxygen atoms in total. The summed E-state index contributed by atoms with van der Waals surface area (Å²) in [5.74, 6) is 0. The van der Waals surface area contributed by atoms with Crippen LogP contribution in [0.25, 0.3) is 54.6 Å². The lowest BCUT2D eigenvalue weighted by Gasteiger charge is -2.27. The minimum Gasteiger partial charge on any atom is -0.359 e. The van der Waals surface area contributed by atoms with Crippen molar-refractivity contribution in [1.29, 1.82) is 0 Å². The van der Waals surface area contributed by atoms with Gasteiger partial charge in [0.1, 0.15) is 6.17 Å². The molecule has 2 heteroatoms. The maximum atomic E-state index is 3.75. The van der Waals surface area contributed by atoms with Crippen LogP contribution in [0.1, 0.15) is 11.7 Å². The Morgan fingerprint density at radius 2 is 0.956 bits per heavy atom. The van der Waals surface area contributed by atoms with E-state index >= 15 is 0 Å². The van der Waals surface area contributed by atoms with Gasteiger partial charge in [-0.1, -0.05) is 140 Å². The Morgan fingerprint density at radius 1 is 0.422 bits per heavy atom. The second-order valence-corrected chi connectivity index (χ2v) is 11.8. The Morgan fingerprint density at radius 3 is 1.64 bits per heavy atom. The van der Waals surface area contributed by atoms with Crippen molar-refractivity contribution in [1.82, 2.24) is 0 Å². The third-order valence-electron chi connectivity index (χ3n) is 9.23. The summed E-state index contributed by atoms with van der Waals surface area (Å²) < 4.78 is 0. The van der Waals surface area contributed by atoms with Crippen LogP contribution in [0.5, 0.6) is 0 Å². The van der Waals surface area contributed by atoms with Gasteiger partial charge in [-0.3, -0.25) is 0 Å². The largest absolute Gasteiger partial charge is 0.359 e. The van der Waals surface area contributed by atoms with Gasteiger partial charge in [0.05, 0.1) is 11.4 Å². The Labute approximate surface area is 262 Å². The molecule has 9 rings (SSSR count). The van der Waals surface area contributed by atoms with Crippen LogP contribution >= 0.6 is 0 Å². The van der Waals surface area contributed by atoms with Crippen molar-refractivity contribution in [3.05, 3.63) is 175 Å². The zero-order valence-electron chi connectivity index (χ0n) is 24.7. The van der Waals surface area contributed by atoms with Crippen molar-refractivity contribution in [2.75, 3.05) is 10.2 Å². The SMILES string of the molecule is c1ccc(C2Nc3ccccc3N2c2ccc(-c3c4ccccc4c(-c4ccc5ccccc5c4)c4ccccc34)cc2)cc1. The summed E-state index contributed by atoms with van der Waals surface area (Å²) in [6.07, 6.45) is 0.0253. The maximum absolute atomic E-state index is 3.75. The van der Waals surface area contributed by atoms with Crippen LogP contribution < -0.4 is 10.2 Å². The number of hydrogen-bond donors (Lipinski definition) is 1. The number of benzene rings is 8. The van der Waals surface area contributed by atoms with Crippen molar-refractivity contribution in [3.63, 3.8) is 0 Å². The monoisotopic (exact) mass is 574 g/mol. The van der Waals surface area contributed by atoms with Crippen LogP contribution in [0, 0.1) is 0 Å². The third kappa shape index (κ3) is 4.18. The summed E-state index contributed by atoms with van der Waals surface area (Å²) in [5, 5.41) is 11.3. The summed E-state index contributed by atoms with van der Waals surface area (Å²) in [5.41, 5.74) is 9.76. The number of anilines is 3. The first kappa shape index (κ1) is 25.6. The highest BCUT2D eigenvalue weighted by Gasteiger charge is 2.31. The highest BCUT2D eigenvalue weighted by atomic mass is 15.3. The highest BCUT2D eigenvalue weighted by molar-refractivity contribution is 6.21. The predicted octanol–water partition coefficient (Wildman–Crippen LogP) is 11.7. The minimum atomic E-state index is 0.0253. The second-order valence-electron chi connectivity index (χ2n) is 11.8. The molecular weight excluding hydrogens is 544 g/mol. The fourth-order valence-electron chi connectivity index (χ4n) is 7.20. The number of rotatable bonds is 4. The molecule has 1 aliphatic rings. The molecule has 1 heterocycles. The summed E-state index contributed by atoms with van der Waals surface area (Å²) >= 11 is 0. The molecule has 1 aliphatic heterocycles. The molecule has 0 spiro atoms. The minimum absolute atomic E-state index is 0.0253. The molecule has 0 radical (unpaired) electrons. The van der Waals surface area contributed by atoms with E-state index < -0.39 is 0 Å². The molecule has 0 aliphatic carbocycles. The molecule has 8 aromatic carbocycles. The fraction of sp³-hybridized carbons (Fsp3) is 0.0233. The molecule has 0 fully saturated rings. The third-order valence-corrected chi connectivity index (χ3v) is 9.23. The normalized spacial score (nSPS) is 14.1. The summed E-state index contributed by atoms with van der Waals surface area (Å²) in [6.45, 7) is 0. The van der Waals surface area contributed by atoms with Gasteiger partial charge in [-0.05, 0) is 90.5 Å². The first-order valence-corrected chi connectivity index (χ1v) is 15.6. The number of fused-ring (bicyclic) bond motifs is 4. The predicted molar refractivity (Wildman–Crippen MR) is 191 cm³/mol. The molecule has 1 atom stereocenters. The summed E-state index contributed by atoms with van der Waals surface area (Å²) in [6, 6.07) is 61.6. The number of nitrogens with one attached hydrogen (secondary N) is 1. The van der Waals surface area contributed by atoms with Gasteiger partial charge in [-0.25, -0.2) is 0 Å². The van der Waals surface area contributed by atoms with E-state index in [4.69, 9.17) is 0 Å². The number of nitrogens with zero attached hydrogens (tertiary/aromatic N) is 1. The van der Waals surface area contributed by atoms with Gasteiger partial charge >= 0.3 is 0 Å². The number of para-hydroxylation sites is 2. The van der Waals surface area contributed by atoms with Crippen molar-refractivity contribution in [3.8, 4) is 22.3 Å². The standard InChI is InChI=1S/C43H30N2/c1-2-13-31(14-3-1)43-44-39-20-10-11-21-40(39)45(43)34-26-24-30(25-27-34)41-35-16-6-8-18-37(35)42(38-19-9-7-17-36(38)41)33-23-22-29-12-4-5-15-32(29)28-33/h1-28,43-44H. The molecular formula is C43H30N2. The van der Waals surface area contributed by atoms with Gasteiger partial charge in [0.2, 0.25) is 0 Å². The average Bonchev–Trinajstić information content (AvgIpc) is 3.51. The molecule has 1 N–H and O–H groups in total. The van der Waals surface area contributed by atoms with E-state index in [9.17, 15) is 0 Å². The topological polar surface area (TPSA) is 15.3 Å². The maximum Gasteiger partial charge on any atom is 0.130 e. The molecule has 212 valence electrons. The van der Waals surface area contributed by atoms with Crippen LogP contribution in [0.4, 0.5) is 17.1 Å². The van der Waals surface area contributed by atoms with Crippen LogP contribution in [0.3, 0.4) is 0 Å². The van der Waals surface area contributed by atoms with Crippen molar-refractivity contribution in [2.45, 2.75) is 6.17 Å². The van der Waals surface area contributed by atoms with Gasteiger partial charge < -0.3 is 10.2 Å². The number of hydrogen-bond acceptors (Lipinski definition) is 2. The summed E-state index contributed by atoms with van der Waals surface area (Å²) in [7, 11) is 0. The molecule has 45 heavy (non-hydrogen) atoms. The first-order valence-electron chi connectivity index (χ1n) is 15.6. The van der Waals surface area contributed by atoms with Gasteiger partial charge in [0, 0.05) is 5.69 Å². The lowest BCUT2D eigenvalue weighted by atomic mass is 9.85. The molecule has 0 aromatic heterocycles. The van der Waals surface area contributed by atoms with E-state index in [1.807, 2.05) is 0 Å².